The average molecular weight is 503 g/mol. The van der Waals surface area contributed by atoms with Crippen LogP contribution in [-0.4, -0.2) is 27.0 Å². The van der Waals surface area contributed by atoms with E-state index in [4.69, 9.17) is 4.74 Å². The molecule has 0 unspecified atom stereocenters. The van der Waals surface area contributed by atoms with Gasteiger partial charge < -0.3 is 10.1 Å². The van der Waals surface area contributed by atoms with E-state index in [-0.39, 0.29) is 11.3 Å². The zero-order valence-corrected chi connectivity index (χ0v) is 19.3. The largest absolute Gasteiger partial charge is 0.494 e. The predicted octanol–water partition coefficient (Wildman–Crippen LogP) is 4.38. The molecule has 0 aliphatic heterocycles. The summed E-state index contributed by atoms with van der Waals surface area (Å²) < 4.78 is 34.5. The highest BCUT2D eigenvalue weighted by Crippen LogP contribution is 2.18. The standard InChI is InChI=1S/C23H23BrN2O4S/c1-2-30-20-12-10-19(11-13-20)25-23(27)22(16-17-6-4-3-5-7-17)26-31(28,29)21-14-8-18(24)9-15-21/h3-15,22,26H,2,16H2,1H3,(H,25,27)/t22-/m0/s1. The van der Waals surface area contributed by atoms with Gasteiger partial charge in [0.1, 0.15) is 11.8 Å². The SMILES string of the molecule is CCOc1ccc(NC(=O)[C@H](Cc2ccccc2)NS(=O)(=O)c2ccc(Br)cc2)cc1. The summed E-state index contributed by atoms with van der Waals surface area (Å²) in [4.78, 5) is 13.1. The molecule has 0 spiro atoms. The van der Waals surface area contributed by atoms with E-state index in [0.717, 1.165) is 10.0 Å². The van der Waals surface area contributed by atoms with Gasteiger partial charge in [-0.15, -0.1) is 0 Å². The Morgan fingerprint density at radius 3 is 2.23 bits per heavy atom. The minimum atomic E-state index is -3.90. The lowest BCUT2D eigenvalue weighted by molar-refractivity contribution is -0.117. The molecule has 0 aliphatic carbocycles. The fourth-order valence-corrected chi connectivity index (χ4v) is 4.40. The number of benzene rings is 3. The van der Waals surface area contributed by atoms with Crippen molar-refractivity contribution >= 4 is 37.5 Å². The van der Waals surface area contributed by atoms with Crippen LogP contribution in [0.3, 0.4) is 0 Å². The molecule has 0 saturated heterocycles. The van der Waals surface area contributed by atoms with Crippen molar-refractivity contribution in [1.82, 2.24) is 4.72 Å². The highest BCUT2D eigenvalue weighted by atomic mass is 79.9. The number of carbonyl (C=O) groups is 1. The molecule has 8 heteroatoms. The molecular weight excluding hydrogens is 480 g/mol. The molecule has 162 valence electrons. The van der Waals surface area contributed by atoms with E-state index in [1.54, 1.807) is 36.4 Å². The van der Waals surface area contributed by atoms with Crippen LogP contribution in [0.5, 0.6) is 5.75 Å². The average Bonchev–Trinajstić information content (AvgIpc) is 2.76. The number of halogens is 1. The molecule has 0 saturated carbocycles. The van der Waals surface area contributed by atoms with Crippen molar-refractivity contribution in [2.45, 2.75) is 24.3 Å². The van der Waals surface area contributed by atoms with E-state index in [1.807, 2.05) is 37.3 Å². The van der Waals surface area contributed by atoms with Gasteiger partial charge >= 0.3 is 0 Å². The van der Waals surface area contributed by atoms with Gasteiger partial charge in [-0.2, -0.15) is 4.72 Å². The van der Waals surface area contributed by atoms with E-state index in [2.05, 4.69) is 26.0 Å². The van der Waals surface area contributed by atoms with Crippen molar-refractivity contribution in [1.29, 1.82) is 0 Å². The molecule has 1 amide bonds. The smallest absolute Gasteiger partial charge is 0.242 e. The fourth-order valence-electron chi connectivity index (χ4n) is 2.94. The summed E-state index contributed by atoms with van der Waals surface area (Å²) in [6.07, 6.45) is 0.208. The van der Waals surface area contributed by atoms with Gasteiger partial charge in [-0.1, -0.05) is 46.3 Å². The van der Waals surface area contributed by atoms with Crippen molar-refractivity contribution in [2.24, 2.45) is 0 Å². The lowest BCUT2D eigenvalue weighted by Crippen LogP contribution is -2.45. The molecule has 1 atom stereocenters. The van der Waals surface area contributed by atoms with Gasteiger partial charge in [-0.25, -0.2) is 8.42 Å². The van der Waals surface area contributed by atoms with E-state index in [1.165, 1.54) is 12.1 Å². The van der Waals surface area contributed by atoms with Gasteiger partial charge in [0.15, 0.2) is 0 Å². The number of amides is 1. The van der Waals surface area contributed by atoms with E-state index in [0.29, 0.717) is 18.0 Å². The monoisotopic (exact) mass is 502 g/mol. The molecule has 0 aromatic heterocycles. The normalized spacial score (nSPS) is 12.2. The second-order valence-electron chi connectivity index (χ2n) is 6.76. The Balaban J connectivity index is 1.81. The Labute approximate surface area is 190 Å². The van der Waals surface area contributed by atoms with Gasteiger partial charge in [-0.3, -0.25) is 4.79 Å². The number of hydrogen-bond donors (Lipinski definition) is 2. The molecule has 31 heavy (non-hydrogen) atoms. The summed E-state index contributed by atoms with van der Waals surface area (Å²) in [6, 6.07) is 21.4. The van der Waals surface area contributed by atoms with Crippen LogP contribution in [0, 0.1) is 0 Å². The first-order chi connectivity index (χ1) is 14.9. The van der Waals surface area contributed by atoms with Gasteiger partial charge in [0.05, 0.1) is 11.5 Å². The first-order valence-corrected chi connectivity index (χ1v) is 12.0. The van der Waals surface area contributed by atoms with Crippen molar-refractivity contribution < 1.29 is 17.9 Å². The summed E-state index contributed by atoms with van der Waals surface area (Å²) in [5.41, 5.74) is 1.39. The number of anilines is 1. The van der Waals surface area contributed by atoms with Crippen LogP contribution < -0.4 is 14.8 Å². The van der Waals surface area contributed by atoms with E-state index in [9.17, 15) is 13.2 Å². The Bertz CT molecular complexity index is 1100. The molecular formula is C23H23BrN2O4S. The minimum absolute atomic E-state index is 0.0858. The summed E-state index contributed by atoms with van der Waals surface area (Å²) in [5.74, 6) is 0.242. The highest BCUT2D eigenvalue weighted by Gasteiger charge is 2.26. The number of ether oxygens (including phenoxy) is 1. The fraction of sp³-hybridized carbons (Fsp3) is 0.174. The maximum absolute atomic E-state index is 13.0. The van der Waals surface area contributed by atoms with Crippen molar-refractivity contribution in [3.8, 4) is 5.75 Å². The number of rotatable bonds is 9. The zero-order valence-electron chi connectivity index (χ0n) is 16.9. The van der Waals surface area contributed by atoms with Crippen LogP contribution in [0.1, 0.15) is 12.5 Å². The highest BCUT2D eigenvalue weighted by molar-refractivity contribution is 9.10. The van der Waals surface area contributed by atoms with Crippen LogP contribution in [0.4, 0.5) is 5.69 Å². The summed E-state index contributed by atoms with van der Waals surface area (Å²) in [5, 5.41) is 2.79. The van der Waals surface area contributed by atoms with Gasteiger partial charge in [0, 0.05) is 10.2 Å². The third-order valence-electron chi connectivity index (χ3n) is 4.45. The number of hydrogen-bond acceptors (Lipinski definition) is 4. The Hall–Kier alpha value is -2.68. The Morgan fingerprint density at radius 2 is 1.61 bits per heavy atom. The maximum Gasteiger partial charge on any atom is 0.242 e. The summed E-state index contributed by atoms with van der Waals surface area (Å²) >= 11 is 3.29. The number of sulfonamides is 1. The number of carbonyl (C=O) groups excluding carboxylic acids is 1. The minimum Gasteiger partial charge on any atom is -0.494 e. The molecule has 0 bridgehead atoms. The van der Waals surface area contributed by atoms with Crippen LogP contribution in [0.15, 0.2) is 88.2 Å². The van der Waals surface area contributed by atoms with Gasteiger partial charge in [0.2, 0.25) is 15.9 Å². The first kappa shape index (κ1) is 23.0. The quantitative estimate of drug-likeness (QED) is 0.454. The van der Waals surface area contributed by atoms with Crippen LogP contribution in [-0.2, 0) is 21.2 Å². The topological polar surface area (TPSA) is 84.5 Å². The first-order valence-electron chi connectivity index (χ1n) is 9.73. The van der Waals surface area contributed by atoms with Crippen molar-refractivity contribution in [3.05, 3.63) is 88.9 Å². The lowest BCUT2D eigenvalue weighted by atomic mass is 10.1. The molecule has 0 aliphatic rings. The van der Waals surface area contributed by atoms with Crippen LogP contribution in [0.25, 0.3) is 0 Å². The third-order valence-corrected chi connectivity index (χ3v) is 6.47. The van der Waals surface area contributed by atoms with E-state index < -0.39 is 22.0 Å². The number of nitrogens with one attached hydrogen (secondary N) is 2. The molecule has 6 nitrogen and oxygen atoms in total. The third kappa shape index (κ3) is 6.65. The second kappa shape index (κ2) is 10.6. The lowest BCUT2D eigenvalue weighted by Gasteiger charge is -2.19. The molecule has 0 heterocycles. The predicted molar refractivity (Wildman–Crippen MR) is 125 cm³/mol. The molecule has 3 aromatic carbocycles. The summed E-state index contributed by atoms with van der Waals surface area (Å²) in [6.45, 7) is 2.43. The van der Waals surface area contributed by atoms with Gasteiger partial charge in [0.25, 0.3) is 0 Å². The van der Waals surface area contributed by atoms with Crippen molar-refractivity contribution in [2.75, 3.05) is 11.9 Å². The summed E-state index contributed by atoms with van der Waals surface area (Å²) in [7, 11) is -3.90. The van der Waals surface area contributed by atoms with Crippen LogP contribution >= 0.6 is 15.9 Å². The molecule has 3 rings (SSSR count). The second-order valence-corrected chi connectivity index (χ2v) is 9.39. The molecule has 2 N–H and O–H groups in total. The molecule has 0 fully saturated rings. The maximum atomic E-state index is 13.0. The van der Waals surface area contributed by atoms with E-state index >= 15 is 0 Å². The molecule has 3 aromatic rings. The van der Waals surface area contributed by atoms with Crippen LogP contribution in [0.2, 0.25) is 0 Å². The molecule has 0 radical (unpaired) electrons. The Kier molecular flexibility index (Phi) is 7.84. The Morgan fingerprint density at radius 1 is 0.968 bits per heavy atom. The zero-order chi connectivity index (χ0) is 22.3. The van der Waals surface area contributed by atoms with Gasteiger partial charge in [-0.05, 0) is 67.4 Å². The van der Waals surface area contributed by atoms with Crippen molar-refractivity contribution in [3.63, 3.8) is 0 Å².